The number of carbonyl (C=O) groups excluding carboxylic acids is 3. The van der Waals surface area contributed by atoms with Gasteiger partial charge in [-0.3, -0.25) is 15.0 Å². The standard InChI is InChI=1S/C34H39N5O5/c1-22(2)21-44-30(40)16-17-37-33(41)24-13-15-29-28(20-24)38-32(39(29)18-8-7-11-23-9-5-4-6-10-23)26-14-12-25(34(42)43-3)19-27(26)31(35)36/h4-6,9-10,12-15,19-20,22H,7-8,11,16-18,21H2,1-3H3,(H3,35,36)(H,37,41). The number of nitrogens with two attached hydrogens (primary N) is 1. The monoisotopic (exact) mass is 597 g/mol. The second kappa shape index (κ2) is 15.0. The number of nitrogens with zero attached hydrogens (tertiary/aromatic N) is 2. The number of hydrogen-bond acceptors (Lipinski definition) is 7. The summed E-state index contributed by atoms with van der Waals surface area (Å²) in [5, 5.41) is 11.0. The molecule has 0 unspecified atom stereocenters. The molecule has 0 fully saturated rings. The quantitative estimate of drug-likeness (QED) is 0.0791. The number of imidazole rings is 1. The highest BCUT2D eigenvalue weighted by Gasteiger charge is 2.20. The first-order valence-corrected chi connectivity index (χ1v) is 14.7. The lowest BCUT2D eigenvalue weighted by Gasteiger charge is -2.13. The van der Waals surface area contributed by atoms with E-state index in [1.165, 1.54) is 18.7 Å². The maximum Gasteiger partial charge on any atom is 0.337 e. The van der Waals surface area contributed by atoms with Crippen LogP contribution in [0.5, 0.6) is 0 Å². The van der Waals surface area contributed by atoms with Crippen molar-refractivity contribution in [1.82, 2.24) is 14.9 Å². The van der Waals surface area contributed by atoms with Crippen LogP contribution < -0.4 is 11.1 Å². The zero-order valence-corrected chi connectivity index (χ0v) is 25.4. The fourth-order valence-corrected chi connectivity index (χ4v) is 4.87. The minimum atomic E-state index is -0.530. The minimum Gasteiger partial charge on any atom is -0.465 e. The second-order valence-electron chi connectivity index (χ2n) is 11.0. The van der Waals surface area contributed by atoms with Crippen molar-refractivity contribution in [3.05, 3.63) is 89.0 Å². The van der Waals surface area contributed by atoms with Gasteiger partial charge in [0.15, 0.2) is 0 Å². The summed E-state index contributed by atoms with van der Waals surface area (Å²) in [6.07, 6.45) is 2.82. The van der Waals surface area contributed by atoms with Crippen LogP contribution in [0.15, 0.2) is 66.7 Å². The fraction of sp³-hybridized carbons (Fsp3) is 0.324. The number of nitrogens with one attached hydrogen (secondary N) is 2. The van der Waals surface area contributed by atoms with Crippen LogP contribution in [0.3, 0.4) is 0 Å². The molecule has 0 saturated heterocycles. The van der Waals surface area contributed by atoms with Crippen molar-refractivity contribution in [2.45, 2.75) is 46.1 Å². The average molecular weight is 598 g/mol. The Morgan fingerprint density at radius 2 is 1.75 bits per heavy atom. The van der Waals surface area contributed by atoms with Crippen LogP contribution in [0.2, 0.25) is 0 Å². The predicted octanol–water partition coefficient (Wildman–Crippen LogP) is 5.12. The lowest BCUT2D eigenvalue weighted by atomic mass is 10.0. The molecule has 1 heterocycles. The number of aryl methyl sites for hydroxylation is 2. The summed E-state index contributed by atoms with van der Waals surface area (Å²) >= 11 is 0. The summed E-state index contributed by atoms with van der Waals surface area (Å²) in [7, 11) is 1.30. The van der Waals surface area contributed by atoms with Gasteiger partial charge in [0, 0.05) is 29.8 Å². The van der Waals surface area contributed by atoms with E-state index in [0.29, 0.717) is 41.2 Å². The lowest BCUT2D eigenvalue weighted by molar-refractivity contribution is -0.144. The Morgan fingerprint density at radius 3 is 2.45 bits per heavy atom. The molecule has 0 aliphatic carbocycles. The van der Waals surface area contributed by atoms with Crippen LogP contribution in [0.4, 0.5) is 0 Å². The van der Waals surface area contributed by atoms with Crippen molar-refractivity contribution in [1.29, 1.82) is 5.41 Å². The molecule has 4 N–H and O–H groups in total. The smallest absolute Gasteiger partial charge is 0.337 e. The minimum absolute atomic E-state index is 0.0812. The van der Waals surface area contributed by atoms with Crippen LogP contribution in [0.25, 0.3) is 22.4 Å². The molecule has 0 radical (unpaired) electrons. The first-order valence-electron chi connectivity index (χ1n) is 14.7. The number of unbranched alkanes of at least 4 members (excludes halogenated alkanes) is 1. The largest absolute Gasteiger partial charge is 0.465 e. The number of amidine groups is 1. The van der Waals surface area contributed by atoms with Crippen molar-refractivity contribution in [3.8, 4) is 11.4 Å². The number of amides is 1. The van der Waals surface area contributed by atoms with Crippen molar-refractivity contribution in [2.24, 2.45) is 11.7 Å². The van der Waals surface area contributed by atoms with E-state index in [-0.39, 0.29) is 42.2 Å². The third-order valence-electron chi connectivity index (χ3n) is 7.11. The van der Waals surface area contributed by atoms with Gasteiger partial charge in [-0.2, -0.15) is 0 Å². The predicted molar refractivity (Wildman–Crippen MR) is 170 cm³/mol. The number of rotatable bonds is 14. The highest BCUT2D eigenvalue weighted by Crippen LogP contribution is 2.30. The molecule has 0 bridgehead atoms. The zero-order valence-electron chi connectivity index (χ0n) is 25.4. The Kier molecular flexibility index (Phi) is 10.9. The molecule has 4 aromatic rings. The number of hydrogen-bond donors (Lipinski definition) is 3. The van der Waals surface area contributed by atoms with Crippen LogP contribution in [-0.4, -0.2) is 53.5 Å². The van der Waals surface area contributed by atoms with Gasteiger partial charge in [0.25, 0.3) is 5.91 Å². The Morgan fingerprint density at radius 1 is 1.00 bits per heavy atom. The number of methoxy groups -OCH3 is 1. The van der Waals surface area contributed by atoms with Gasteiger partial charge >= 0.3 is 11.9 Å². The van der Waals surface area contributed by atoms with E-state index in [1.54, 1.807) is 24.3 Å². The molecular formula is C34H39N5O5. The van der Waals surface area contributed by atoms with E-state index < -0.39 is 5.97 Å². The molecule has 1 aromatic heterocycles. The Labute approximate surface area is 257 Å². The van der Waals surface area contributed by atoms with E-state index in [0.717, 1.165) is 24.8 Å². The van der Waals surface area contributed by atoms with Gasteiger partial charge in [-0.1, -0.05) is 44.2 Å². The second-order valence-corrected chi connectivity index (χ2v) is 11.0. The van der Waals surface area contributed by atoms with Crippen molar-refractivity contribution >= 4 is 34.7 Å². The molecule has 10 nitrogen and oxygen atoms in total. The van der Waals surface area contributed by atoms with Gasteiger partial charge in [-0.15, -0.1) is 0 Å². The highest BCUT2D eigenvalue weighted by atomic mass is 16.5. The van der Waals surface area contributed by atoms with E-state index >= 15 is 0 Å². The van der Waals surface area contributed by atoms with E-state index in [2.05, 4.69) is 22.0 Å². The van der Waals surface area contributed by atoms with Gasteiger partial charge in [0.05, 0.1) is 36.7 Å². The summed E-state index contributed by atoms with van der Waals surface area (Å²) < 4.78 is 12.1. The Hall–Kier alpha value is -4.99. The fourth-order valence-electron chi connectivity index (χ4n) is 4.87. The third kappa shape index (κ3) is 8.09. The Bertz CT molecular complexity index is 1640. The molecule has 0 atom stereocenters. The number of aromatic nitrogens is 2. The van der Waals surface area contributed by atoms with Gasteiger partial charge in [-0.05, 0) is 67.1 Å². The normalized spacial score (nSPS) is 11.0. The van der Waals surface area contributed by atoms with E-state index in [1.807, 2.05) is 38.1 Å². The number of ether oxygens (including phenoxy) is 2. The van der Waals surface area contributed by atoms with Gasteiger partial charge in [0.1, 0.15) is 11.7 Å². The summed E-state index contributed by atoms with van der Waals surface area (Å²) in [6.45, 7) is 5.06. The van der Waals surface area contributed by atoms with Crippen LogP contribution >= 0.6 is 0 Å². The van der Waals surface area contributed by atoms with Crippen LogP contribution in [0.1, 0.15) is 65.0 Å². The van der Waals surface area contributed by atoms with Crippen molar-refractivity contribution < 1.29 is 23.9 Å². The molecule has 0 aliphatic heterocycles. The maximum atomic E-state index is 12.9. The molecule has 44 heavy (non-hydrogen) atoms. The Balaban J connectivity index is 1.62. The van der Waals surface area contributed by atoms with Gasteiger partial charge in [-0.25, -0.2) is 9.78 Å². The first-order chi connectivity index (χ1) is 21.2. The summed E-state index contributed by atoms with van der Waals surface area (Å²) in [4.78, 5) is 41.9. The molecule has 0 spiro atoms. The molecule has 1 amide bonds. The molecule has 10 heteroatoms. The van der Waals surface area contributed by atoms with Gasteiger partial charge in [0.2, 0.25) is 0 Å². The lowest BCUT2D eigenvalue weighted by Crippen LogP contribution is -2.26. The molecule has 4 rings (SSSR count). The number of fused-ring (bicyclic) bond motifs is 1. The number of nitrogen functional groups attached to an aromatic ring is 1. The summed E-state index contributed by atoms with van der Waals surface area (Å²) in [6, 6.07) is 20.5. The highest BCUT2D eigenvalue weighted by molar-refractivity contribution is 6.04. The zero-order chi connectivity index (χ0) is 31.6. The topological polar surface area (TPSA) is 149 Å². The van der Waals surface area contributed by atoms with Crippen molar-refractivity contribution in [2.75, 3.05) is 20.3 Å². The first kappa shape index (κ1) is 31.9. The number of benzene rings is 3. The van der Waals surface area contributed by atoms with E-state index in [9.17, 15) is 14.4 Å². The van der Waals surface area contributed by atoms with Gasteiger partial charge < -0.3 is 25.1 Å². The van der Waals surface area contributed by atoms with Crippen molar-refractivity contribution in [3.63, 3.8) is 0 Å². The van der Waals surface area contributed by atoms with Crippen LogP contribution in [-0.2, 0) is 27.2 Å². The van der Waals surface area contributed by atoms with E-state index in [4.69, 9.17) is 25.6 Å². The average Bonchev–Trinajstić information content (AvgIpc) is 3.39. The maximum absolute atomic E-state index is 12.9. The number of esters is 2. The molecule has 230 valence electrons. The molecule has 0 aliphatic rings. The molecule has 0 saturated carbocycles. The summed E-state index contributed by atoms with van der Waals surface area (Å²) in [5.41, 5.74) is 10.3. The summed E-state index contributed by atoms with van der Waals surface area (Å²) in [5.74, 6) is -0.602. The molecular weight excluding hydrogens is 558 g/mol. The third-order valence-corrected chi connectivity index (χ3v) is 7.11. The van der Waals surface area contributed by atoms with Crippen LogP contribution in [0, 0.1) is 11.3 Å². The SMILES string of the molecule is COC(=O)c1ccc(-c2nc3cc(C(=O)NCCC(=O)OCC(C)C)ccc3n2CCCCc2ccccc2)c(C(=N)N)c1. The number of carbonyl (C=O) groups is 3. The molecule has 3 aromatic carbocycles.